The summed E-state index contributed by atoms with van der Waals surface area (Å²) >= 11 is 1.88. The molecule has 0 atom stereocenters. The summed E-state index contributed by atoms with van der Waals surface area (Å²) in [5.74, 6) is 0.909. The molecule has 0 saturated heterocycles. The number of hydrogen-bond donors (Lipinski definition) is 1. The van der Waals surface area contributed by atoms with E-state index < -0.39 is 0 Å². The molecule has 0 aliphatic heterocycles. The molecule has 4 heteroatoms. The Morgan fingerprint density at radius 2 is 1.95 bits per heavy atom. The van der Waals surface area contributed by atoms with Crippen molar-refractivity contribution in [1.29, 1.82) is 0 Å². The molecule has 0 bridgehead atoms. The summed E-state index contributed by atoms with van der Waals surface area (Å²) in [6, 6.07) is 4.45. The van der Waals surface area contributed by atoms with Gasteiger partial charge in [-0.2, -0.15) is 0 Å². The quantitative estimate of drug-likeness (QED) is 0.920. The lowest BCUT2D eigenvalue weighted by Crippen LogP contribution is -2.12. The maximum absolute atomic E-state index is 5.16. The van der Waals surface area contributed by atoms with Crippen LogP contribution in [-0.2, 0) is 18.5 Å². The van der Waals surface area contributed by atoms with Gasteiger partial charge in [0.25, 0.3) is 0 Å². The monoisotopic (exact) mass is 278 g/mol. The number of hydrogen-bond acceptors (Lipinski definition) is 4. The van der Waals surface area contributed by atoms with Crippen LogP contribution in [0.1, 0.15) is 47.5 Å². The van der Waals surface area contributed by atoms with Gasteiger partial charge in [0.2, 0.25) is 0 Å². The molecule has 0 fully saturated rings. The van der Waals surface area contributed by atoms with Gasteiger partial charge in [-0.05, 0) is 31.4 Å². The predicted molar refractivity (Wildman–Crippen MR) is 79.5 cm³/mol. The van der Waals surface area contributed by atoms with Crippen molar-refractivity contribution in [2.24, 2.45) is 0 Å². The Bertz CT molecular complexity index is 529. The van der Waals surface area contributed by atoms with Crippen LogP contribution >= 0.6 is 11.3 Å². The van der Waals surface area contributed by atoms with Crippen LogP contribution in [0.3, 0.4) is 0 Å². The van der Waals surface area contributed by atoms with Gasteiger partial charge in [-0.3, -0.25) is 0 Å². The zero-order valence-electron chi connectivity index (χ0n) is 12.3. The molecular formula is C15H22N2OS. The molecule has 104 valence electrons. The minimum atomic E-state index is 0.241. The fourth-order valence-corrected chi connectivity index (χ4v) is 2.98. The molecule has 0 aliphatic rings. The van der Waals surface area contributed by atoms with E-state index in [9.17, 15) is 0 Å². The molecule has 2 aromatic heterocycles. The molecule has 0 unspecified atom stereocenters. The summed E-state index contributed by atoms with van der Waals surface area (Å²) in [7, 11) is 0. The highest BCUT2D eigenvalue weighted by Gasteiger charge is 2.16. The third-order valence-corrected chi connectivity index (χ3v) is 4.69. The largest absolute Gasteiger partial charge is 0.361 e. The van der Waals surface area contributed by atoms with E-state index >= 15 is 0 Å². The molecule has 2 rings (SSSR count). The lowest BCUT2D eigenvalue weighted by molar-refractivity contribution is 0.392. The lowest BCUT2D eigenvalue weighted by Gasteiger charge is -2.15. The van der Waals surface area contributed by atoms with E-state index in [1.807, 2.05) is 25.2 Å². The molecule has 19 heavy (non-hydrogen) atoms. The van der Waals surface area contributed by atoms with Gasteiger partial charge >= 0.3 is 0 Å². The summed E-state index contributed by atoms with van der Waals surface area (Å²) in [4.78, 5) is 2.80. The number of aromatic nitrogens is 1. The van der Waals surface area contributed by atoms with Gasteiger partial charge in [0.15, 0.2) is 0 Å². The van der Waals surface area contributed by atoms with Crippen LogP contribution in [0.25, 0.3) is 0 Å². The summed E-state index contributed by atoms with van der Waals surface area (Å²) in [6.07, 6.45) is 0. The van der Waals surface area contributed by atoms with E-state index in [4.69, 9.17) is 4.52 Å². The fourth-order valence-electron chi connectivity index (χ4n) is 1.94. The van der Waals surface area contributed by atoms with Crippen LogP contribution in [0, 0.1) is 13.8 Å². The van der Waals surface area contributed by atoms with Crippen molar-refractivity contribution in [3.05, 3.63) is 38.9 Å². The van der Waals surface area contributed by atoms with E-state index in [1.54, 1.807) is 0 Å². The minimum Gasteiger partial charge on any atom is -0.361 e. The maximum Gasteiger partial charge on any atom is 0.138 e. The number of nitrogens with one attached hydrogen (secondary N) is 1. The molecule has 3 nitrogen and oxygen atoms in total. The number of rotatable bonds is 4. The van der Waals surface area contributed by atoms with E-state index in [-0.39, 0.29) is 5.41 Å². The van der Waals surface area contributed by atoms with Gasteiger partial charge in [0.1, 0.15) is 5.76 Å². The first-order valence-corrected chi connectivity index (χ1v) is 7.41. The Morgan fingerprint density at radius 1 is 1.21 bits per heavy atom. The van der Waals surface area contributed by atoms with Crippen LogP contribution in [0.5, 0.6) is 0 Å². The molecule has 2 heterocycles. The molecule has 0 radical (unpaired) electrons. The Balaban J connectivity index is 1.91. The van der Waals surface area contributed by atoms with E-state index in [0.29, 0.717) is 0 Å². The molecule has 2 aromatic rings. The number of nitrogens with zero attached hydrogens (tertiary/aromatic N) is 1. The van der Waals surface area contributed by atoms with Gasteiger partial charge in [0.05, 0.1) is 5.69 Å². The summed E-state index contributed by atoms with van der Waals surface area (Å²) < 4.78 is 5.16. The minimum absolute atomic E-state index is 0.241. The summed E-state index contributed by atoms with van der Waals surface area (Å²) in [5, 5.41) is 7.43. The highest BCUT2D eigenvalue weighted by Crippen LogP contribution is 2.29. The standard InChI is InChI=1S/C15H22N2OS/c1-10-13(11(2)18-17-10)9-16-8-12-6-7-14(19-12)15(3,4)5/h6-7,16H,8-9H2,1-5H3. The average molecular weight is 278 g/mol. The smallest absolute Gasteiger partial charge is 0.138 e. The van der Waals surface area contributed by atoms with Crippen molar-refractivity contribution in [2.75, 3.05) is 0 Å². The third-order valence-electron chi connectivity index (χ3n) is 3.18. The Morgan fingerprint density at radius 3 is 2.47 bits per heavy atom. The fraction of sp³-hybridized carbons (Fsp3) is 0.533. The molecule has 1 N–H and O–H groups in total. The number of aryl methyl sites for hydroxylation is 2. The zero-order chi connectivity index (χ0) is 14.0. The van der Waals surface area contributed by atoms with E-state index in [0.717, 1.165) is 24.5 Å². The third kappa shape index (κ3) is 3.45. The van der Waals surface area contributed by atoms with Crippen molar-refractivity contribution < 1.29 is 4.52 Å². The van der Waals surface area contributed by atoms with Gasteiger partial charge in [-0.15, -0.1) is 11.3 Å². The SMILES string of the molecule is Cc1noc(C)c1CNCc1ccc(C(C)(C)C)s1. The second-order valence-corrected chi connectivity index (χ2v) is 7.09. The summed E-state index contributed by atoms with van der Waals surface area (Å²) in [6.45, 7) is 12.4. The van der Waals surface area contributed by atoms with Gasteiger partial charge in [0, 0.05) is 28.4 Å². The Labute approximate surface area is 119 Å². The van der Waals surface area contributed by atoms with Crippen molar-refractivity contribution in [3.63, 3.8) is 0 Å². The topological polar surface area (TPSA) is 38.1 Å². The maximum atomic E-state index is 5.16. The zero-order valence-corrected chi connectivity index (χ0v) is 13.1. The van der Waals surface area contributed by atoms with E-state index in [2.05, 4.69) is 43.4 Å². The van der Waals surface area contributed by atoms with Gasteiger partial charge < -0.3 is 9.84 Å². The number of thiophene rings is 1. The van der Waals surface area contributed by atoms with Crippen LogP contribution in [0.15, 0.2) is 16.7 Å². The molecule has 0 aromatic carbocycles. The molecular weight excluding hydrogens is 256 g/mol. The summed E-state index contributed by atoms with van der Waals surface area (Å²) in [5.41, 5.74) is 2.39. The molecule has 0 spiro atoms. The highest BCUT2D eigenvalue weighted by atomic mass is 32.1. The van der Waals surface area contributed by atoms with Gasteiger partial charge in [-0.25, -0.2) is 0 Å². The van der Waals surface area contributed by atoms with Gasteiger partial charge in [-0.1, -0.05) is 25.9 Å². The molecule has 0 aliphatic carbocycles. The Kier molecular flexibility index (Phi) is 4.11. The van der Waals surface area contributed by atoms with Crippen molar-refractivity contribution in [3.8, 4) is 0 Å². The first-order chi connectivity index (χ1) is 8.88. The molecule has 0 saturated carbocycles. The van der Waals surface area contributed by atoms with Crippen molar-refractivity contribution >= 4 is 11.3 Å². The van der Waals surface area contributed by atoms with Crippen molar-refractivity contribution in [1.82, 2.24) is 10.5 Å². The normalized spacial score (nSPS) is 12.1. The predicted octanol–water partition coefficient (Wildman–Crippen LogP) is 3.94. The molecule has 0 amide bonds. The second-order valence-electron chi connectivity index (χ2n) is 5.92. The highest BCUT2D eigenvalue weighted by molar-refractivity contribution is 7.12. The lowest BCUT2D eigenvalue weighted by atomic mass is 9.95. The second kappa shape index (κ2) is 5.47. The first-order valence-electron chi connectivity index (χ1n) is 6.59. The first kappa shape index (κ1) is 14.3. The Hall–Kier alpha value is -1.13. The van der Waals surface area contributed by atoms with Crippen LogP contribution in [-0.4, -0.2) is 5.16 Å². The van der Waals surface area contributed by atoms with Crippen molar-refractivity contribution in [2.45, 2.75) is 53.1 Å². The van der Waals surface area contributed by atoms with E-state index in [1.165, 1.54) is 15.3 Å². The van der Waals surface area contributed by atoms with Crippen LogP contribution in [0.4, 0.5) is 0 Å². The van der Waals surface area contributed by atoms with Crippen LogP contribution in [0.2, 0.25) is 0 Å². The van der Waals surface area contributed by atoms with Crippen LogP contribution < -0.4 is 5.32 Å². The average Bonchev–Trinajstić information content (AvgIpc) is 2.90.